The number of nitrogens with one attached hydrogen (secondary N) is 1. The molecule has 0 radical (unpaired) electrons. The smallest absolute Gasteiger partial charge is 0.328 e. The summed E-state index contributed by atoms with van der Waals surface area (Å²) in [5.74, 6) is -2.04. The van der Waals surface area contributed by atoms with Crippen LogP contribution in [0.25, 0.3) is 5.69 Å². The van der Waals surface area contributed by atoms with Crippen LogP contribution in [0.1, 0.15) is 17.4 Å². The number of carboxylic acids is 1. The number of aromatic nitrogens is 3. The lowest BCUT2D eigenvalue weighted by Gasteiger charge is -2.15. The second kappa shape index (κ2) is 6.14. The molecule has 0 unspecified atom stereocenters. The van der Waals surface area contributed by atoms with Crippen molar-refractivity contribution in [1.82, 2.24) is 20.3 Å². The fourth-order valence-electron chi connectivity index (χ4n) is 1.68. The summed E-state index contributed by atoms with van der Waals surface area (Å²) < 4.78 is 1.40. The number of nitrogens with zero attached hydrogens (tertiary/aromatic N) is 3. The first-order valence-electron chi connectivity index (χ1n) is 6.18. The number of hydrogen-bond donors (Lipinski definition) is 3. The molecule has 21 heavy (non-hydrogen) atoms. The third kappa shape index (κ3) is 3.42. The SMILES string of the molecule is C[C@@H](O)[C@H](NC(=O)c1cn(-c2ccccc2)nn1)C(=O)O. The van der Waals surface area contributed by atoms with Gasteiger partial charge in [-0.25, -0.2) is 9.48 Å². The van der Waals surface area contributed by atoms with Crippen molar-refractivity contribution in [2.24, 2.45) is 0 Å². The number of aliphatic hydroxyl groups excluding tert-OH is 1. The number of carbonyl (C=O) groups is 2. The van der Waals surface area contributed by atoms with Gasteiger partial charge in [-0.3, -0.25) is 4.79 Å². The highest BCUT2D eigenvalue weighted by molar-refractivity contribution is 5.94. The van der Waals surface area contributed by atoms with Crippen LogP contribution in [0, 0.1) is 0 Å². The standard InChI is InChI=1S/C13H14N4O4/c1-8(18)11(13(20)21)14-12(19)10-7-17(16-15-10)9-5-3-2-4-6-9/h2-8,11,18H,1H3,(H,14,19)(H,20,21)/t8-,11+/m1/s1. The Balaban J connectivity index is 2.14. The first kappa shape index (κ1) is 14.7. The van der Waals surface area contributed by atoms with Crippen molar-refractivity contribution in [3.63, 3.8) is 0 Å². The molecule has 0 fully saturated rings. The van der Waals surface area contributed by atoms with Gasteiger partial charge < -0.3 is 15.5 Å². The molecule has 0 saturated heterocycles. The fourth-order valence-corrected chi connectivity index (χ4v) is 1.68. The van der Waals surface area contributed by atoms with Crippen LogP contribution in [-0.2, 0) is 4.79 Å². The van der Waals surface area contributed by atoms with Gasteiger partial charge >= 0.3 is 5.97 Å². The summed E-state index contributed by atoms with van der Waals surface area (Å²) in [4.78, 5) is 22.8. The number of aliphatic hydroxyl groups is 1. The molecule has 0 aliphatic rings. The van der Waals surface area contributed by atoms with E-state index in [1.807, 2.05) is 18.2 Å². The number of benzene rings is 1. The first-order valence-corrected chi connectivity index (χ1v) is 6.18. The molecule has 0 aliphatic carbocycles. The molecule has 8 heteroatoms. The molecule has 2 atom stereocenters. The number of carboxylic acid groups (broad SMARTS) is 1. The van der Waals surface area contributed by atoms with Gasteiger partial charge in [-0.15, -0.1) is 5.10 Å². The van der Waals surface area contributed by atoms with Crippen LogP contribution in [0.15, 0.2) is 36.5 Å². The molecule has 8 nitrogen and oxygen atoms in total. The third-order valence-electron chi connectivity index (χ3n) is 2.78. The predicted octanol–water partition coefficient (Wildman–Crippen LogP) is -0.169. The average Bonchev–Trinajstić information content (AvgIpc) is 2.94. The normalized spacial score (nSPS) is 13.4. The lowest BCUT2D eigenvalue weighted by molar-refractivity contribution is -0.141. The molecule has 0 spiro atoms. The Morgan fingerprint density at radius 2 is 1.95 bits per heavy atom. The van der Waals surface area contributed by atoms with Gasteiger partial charge in [0.2, 0.25) is 0 Å². The molecule has 0 bridgehead atoms. The van der Waals surface area contributed by atoms with Gasteiger partial charge in [0.05, 0.1) is 18.0 Å². The maximum absolute atomic E-state index is 11.9. The molecule has 3 N–H and O–H groups in total. The van der Waals surface area contributed by atoms with Crippen LogP contribution in [0.2, 0.25) is 0 Å². The van der Waals surface area contributed by atoms with E-state index in [9.17, 15) is 14.7 Å². The van der Waals surface area contributed by atoms with E-state index in [1.54, 1.807) is 12.1 Å². The molecule has 2 rings (SSSR count). The van der Waals surface area contributed by atoms with Gasteiger partial charge in [-0.1, -0.05) is 23.4 Å². The van der Waals surface area contributed by atoms with Crippen LogP contribution >= 0.6 is 0 Å². The average molecular weight is 290 g/mol. The molecular weight excluding hydrogens is 276 g/mol. The summed E-state index contributed by atoms with van der Waals surface area (Å²) in [5, 5.41) is 27.9. The molecule has 110 valence electrons. The highest BCUT2D eigenvalue weighted by Crippen LogP contribution is 2.06. The Morgan fingerprint density at radius 3 is 2.52 bits per heavy atom. The number of para-hydroxylation sites is 1. The summed E-state index contributed by atoms with van der Waals surface area (Å²) in [6.45, 7) is 1.28. The van der Waals surface area contributed by atoms with Crippen molar-refractivity contribution in [1.29, 1.82) is 0 Å². The zero-order valence-corrected chi connectivity index (χ0v) is 11.2. The zero-order valence-electron chi connectivity index (χ0n) is 11.2. The maximum Gasteiger partial charge on any atom is 0.328 e. The largest absolute Gasteiger partial charge is 0.480 e. The molecule has 0 saturated carbocycles. The quantitative estimate of drug-likeness (QED) is 0.704. The number of carbonyl (C=O) groups excluding carboxylic acids is 1. The number of amides is 1. The summed E-state index contributed by atoms with van der Waals surface area (Å²) in [6, 6.07) is 7.63. The van der Waals surface area contributed by atoms with Crippen LogP contribution < -0.4 is 5.32 Å². The van der Waals surface area contributed by atoms with E-state index < -0.39 is 24.0 Å². The Bertz CT molecular complexity index is 639. The summed E-state index contributed by atoms with van der Waals surface area (Å²) >= 11 is 0. The van der Waals surface area contributed by atoms with Gasteiger partial charge in [0.15, 0.2) is 11.7 Å². The van der Waals surface area contributed by atoms with E-state index in [2.05, 4.69) is 15.6 Å². The topological polar surface area (TPSA) is 117 Å². The second-order valence-corrected chi connectivity index (χ2v) is 4.41. The van der Waals surface area contributed by atoms with Crippen molar-refractivity contribution >= 4 is 11.9 Å². The Morgan fingerprint density at radius 1 is 1.29 bits per heavy atom. The van der Waals surface area contributed by atoms with Crippen LogP contribution in [0.3, 0.4) is 0 Å². The molecular formula is C13H14N4O4. The van der Waals surface area contributed by atoms with E-state index in [0.717, 1.165) is 5.69 Å². The van der Waals surface area contributed by atoms with Gasteiger partial charge in [0.1, 0.15) is 0 Å². The van der Waals surface area contributed by atoms with Gasteiger partial charge in [0, 0.05) is 0 Å². The number of rotatable bonds is 5. The predicted molar refractivity (Wildman–Crippen MR) is 71.9 cm³/mol. The van der Waals surface area contributed by atoms with Gasteiger partial charge in [-0.05, 0) is 19.1 Å². The molecule has 1 amide bonds. The van der Waals surface area contributed by atoms with E-state index in [0.29, 0.717) is 0 Å². The van der Waals surface area contributed by atoms with Crippen LogP contribution in [-0.4, -0.2) is 49.2 Å². The van der Waals surface area contributed by atoms with Crippen molar-refractivity contribution in [2.45, 2.75) is 19.1 Å². The van der Waals surface area contributed by atoms with E-state index in [-0.39, 0.29) is 5.69 Å². The molecule has 0 aliphatic heterocycles. The summed E-state index contributed by atoms with van der Waals surface area (Å²) in [7, 11) is 0. The zero-order chi connectivity index (χ0) is 15.4. The Hall–Kier alpha value is -2.74. The van der Waals surface area contributed by atoms with Crippen molar-refractivity contribution < 1.29 is 19.8 Å². The maximum atomic E-state index is 11.9. The first-order chi connectivity index (χ1) is 9.99. The van der Waals surface area contributed by atoms with Crippen LogP contribution in [0.4, 0.5) is 0 Å². The third-order valence-corrected chi connectivity index (χ3v) is 2.78. The van der Waals surface area contributed by atoms with E-state index in [1.165, 1.54) is 17.8 Å². The minimum absolute atomic E-state index is 0.0363. The molecule has 1 aromatic carbocycles. The second-order valence-electron chi connectivity index (χ2n) is 4.41. The van der Waals surface area contributed by atoms with E-state index >= 15 is 0 Å². The van der Waals surface area contributed by atoms with Crippen molar-refractivity contribution in [2.75, 3.05) is 0 Å². The Kier molecular flexibility index (Phi) is 4.29. The summed E-state index contributed by atoms with van der Waals surface area (Å²) in [6.07, 6.45) is 0.154. The number of hydrogen-bond acceptors (Lipinski definition) is 5. The fraction of sp³-hybridized carbons (Fsp3) is 0.231. The Labute approximate surface area is 120 Å². The molecule has 1 heterocycles. The highest BCUT2D eigenvalue weighted by Gasteiger charge is 2.26. The van der Waals surface area contributed by atoms with Crippen molar-refractivity contribution in [3.05, 3.63) is 42.2 Å². The minimum Gasteiger partial charge on any atom is -0.480 e. The number of aliphatic carboxylic acids is 1. The van der Waals surface area contributed by atoms with Gasteiger partial charge in [-0.2, -0.15) is 0 Å². The lowest BCUT2D eigenvalue weighted by Crippen LogP contribution is -2.47. The molecule has 2 aromatic rings. The summed E-state index contributed by atoms with van der Waals surface area (Å²) in [5.41, 5.74) is 0.681. The minimum atomic E-state index is -1.40. The lowest BCUT2D eigenvalue weighted by atomic mass is 10.2. The monoisotopic (exact) mass is 290 g/mol. The van der Waals surface area contributed by atoms with Crippen molar-refractivity contribution in [3.8, 4) is 5.69 Å². The van der Waals surface area contributed by atoms with Crippen LogP contribution in [0.5, 0.6) is 0 Å². The van der Waals surface area contributed by atoms with Gasteiger partial charge in [0.25, 0.3) is 5.91 Å². The molecule has 1 aromatic heterocycles. The highest BCUT2D eigenvalue weighted by atomic mass is 16.4. The van der Waals surface area contributed by atoms with E-state index in [4.69, 9.17) is 5.11 Å².